The molecule has 0 saturated carbocycles. The molecule has 0 bridgehead atoms. The quantitative estimate of drug-likeness (QED) is 0.543. The third-order valence-electron chi connectivity index (χ3n) is 4.48. The smallest absolute Gasteiger partial charge is 0.135 e. The highest BCUT2D eigenvalue weighted by Crippen LogP contribution is 2.34. The fourth-order valence-corrected chi connectivity index (χ4v) is 4.09. The summed E-state index contributed by atoms with van der Waals surface area (Å²) in [6.07, 6.45) is 0. The first kappa shape index (κ1) is 15.2. The van der Waals surface area contributed by atoms with Crippen LogP contribution >= 0.6 is 11.3 Å². The van der Waals surface area contributed by atoms with E-state index in [1.807, 2.05) is 6.07 Å². The zero-order valence-electron chi connectivity index (χ0n) is 13.9. The van der Waals surface area contributed by atoms with E-state index in [0.29, 0.717) is 6.54 Å². The van der Waals surface area contributed by atoms with Crippen molar-refractivity contribution in [3.05, 3.63) is 71.1 Å². The number of nitrogens with one attached hydrogen (secondary N) is 1. The van der Waals surface area contributed by atoms with Crippen LogP contribution in [0.3, 0.4) is 0 Å². The van der Waals surface area contributed by atoms with Gasteiger partial charge in [-0.05, 0) is 28.3 Å². The number of benzene rings is 2. The van der Waals surface area contributed by atoms with Gasteiger partial charge in [0.2, 0.25) is 0 Å². The molecule has 5 nitrogen and oxygen atoms in total. The van der Waals surface area contributed by atoms with Gasteiger partial charge in [0.05, 0.1) is 11.2 Å². The molecule has 4 aromatic rings. The number of hydrogen-bond donors (Lipinski definition) is 1. The summed E-state index contributed by atoms with van der Waals surface area (Å²) in [6.45, 7) is 1.28. The van der Waals surface area contributed by atoms with Gasteiger partial charge in [0.25, 0.3) is 0 Å². The van der Waals surface area contributed by atoms with E-state index in [9.17, 15) is 0 Å². The maximum absolute atomic E-state index is 4.90. The molecule has 0 fully saturated rings. The second-order valence-electron chi connectivity index (χ2n) is 6.13. The summed E-state index contributed by atoms with van der Waals surface area (Å²) >= 11 is 1.74. The summed E-state index contributed by atoms with van der Waals surface area (Å²) in [5, 5.41) is 19.7. The molecule has 1 aliphatic heterocycles. The zero-order valence-corrected chi connectivity index (χ0v) is 14.7. The lowest BCUT2D eigenvalue weighted by atomic mass is 10.1. The average Bonchev–Trinajstić information content (AvgIpc) is 3.38. The fourth-order valence-electron chi connectivity index (χ4n) is 3.16. The molecule has 126 valence electrons. The van der Waals surface area contributed by atoms with Gasteiger partial charge >= 0.3 is 0 Å². The van der Waals surface area contributed by atoms with Crippen LogP contribution in [0.4, 0.5) is 5.82 Å². The largest absolute Gasteiger partial charge is 0.365 e. The van der Waals surface area contributed by atoms with Crippen LogP contribution in [0.25, 0.3) is 21.0 Å². The van der Waals surface area contributed by atoms with Gasteiger partial charge in [-0.1, -0.05) is 42.5 Å². The third-order valence-corrected chi connectivity index (χ3v) is 5.43. The molecule has 5 rings (SSSR count). The van der Waals surface area contributed by atoms with Crippen molar-refractivity contribution in [3.63, 3.8) is 0 Å². The molecule has 3 heterocycles. The molecule has 2 aromatic carbocycles. The van der Waals surface area contributed by atoms with E-state index in [2.05, 4.69) is 74.7 Å². The van der Waals surface area contributed by atoms with Crippen molar-refractivity contribution in [2.45, 2.75) is 6.54 Å². The number of fused-ring (bicyclic) bond motifs is 3. The maximum atomic E-state index is 4.90. The van der Waals surface area contributed by atoms with Crippen LogP contribution in [0.15, 0.2) is 75.4 Å². The van der Waals surface area contributed by atoms with Gasteiger partial charge in [0.1, 0.15) is 12.4 Å². The number of thiophene rings is 1. The Kier molecular flexibility index (Phi) is 3.68. The monoisotopic (exact) mass is 357 g/mol. The topological polar surface area (TPSA) is 62.0 Å². The lowest BCUT2D eigenvalue weighted by Crippen LogP contribution is -2.03. The summed E-state index contributed by atoms with van der Waals surface area (Å²) in [6, 6.07) is 18.8. The molecule has 26 heavy (non-hydrogen) atoms. The Hall–Kier alpha value is -3.12. The summed E-state index contributed by atoms with van der Waals surface area (Å²) in [5.74, 6) is 0.914. The molecule has 0 saturated heterocycles. The first-order valence-corrected chi connectivity index (χ1v) is 9.29. The Morgan fingerprint density at radius 3 is 2.77 bits per heavy atom. The molecule has 6 heteroatoms. The van der Waals surface area contributed by atoms with Crippen LogP contribution < -0.4 is 5.32 Å². The second kappa shape index (κ2) is 6.31. The summed E-state index contributed by atoms with van der Waals surface area (Å²) in [5.41, 5.74) is 4.11. The van der Waals surface area contributed by atoms with Gasteiger partial charge in [0.15, 0.2) is 0 Å². The predicted molar refractivity (Wildman–Crippen MR) is 107 cm³/mol. The molecule has 1 aliphatic rings. The van der Waals surface area contributed by atoms with Crippen LogP contribution in [-0.4, -0.2) is 17.2 Å². The van der Waals surface area contributed by atoms with Gasteiger partial charge in [-0.25, -0.2) is 4.98 Å². The van der Waals surface area contributed by atoms with Crippen LogP contribution in [0, 0.1) is 0 Å². The van der Waals surface area contributed by atoms with Gasteiger partial charge in [-0.3, -0.25) is 0 Å². The highest BCUT2D eigenvalue weighted by atomic mass is 32.1. The highest BCUT2D eigenvalue weighted by molar-refractivity contribution is 7.18. The van der Waals surface area contributed by atoms with Crippen molar-refractivity contribution >= 4 is 43.9 Å². The molecule has 0 unspecified atom stereocenters. The number of pyridine rings is 1. The van der Waals surface area contributed by atoms with Crippen molar-refractivity contribution in [3.8, 4) is 0 Å². The van der Waals surface area contributed by atoms with E-state index in [1.54, 1.807) is 11.3 Å². The van der Waals surface area contributed by atoms with Gasteiger partial charge in [0, 0.05) is 27.6 Å². The second-order valence-corrected chi connectivity index (χ2v) is 7.05. The maximum Gasteiger partial charge on any atom is 0.135 e. The molecule has 0 amide bonds. The SMILES string of the molecule is c1ccc(CNc2nc3cc(C4=NN=NC4)ccc3c3sccc23)cc1. The first-order valence-electron chi connectivity index (χ1n) is 8.41. The minimum Gasteiger partial charge on any atom is -0.365 e. The summed E-state index contributed by atoms with van der Waals surface area (Å²) in [7, 11) is 0. The van der Waals surface area contributed by atoms with Gasteiger partial charge < -0.3 is 5.32 Å². The van der Waals surface area contributed by atoms with Gasteiger partial charge in [-0.2, -0.15) is 5.11 Å². The zero-order chi connectivity index (χ0) is 17.3. The van der Waals surface area contributed by atoms with E-state index in [-0.39, 0.29) is 0 Å². The lowest BCUT2D eigenvalue weighted by Gasteiger charge is -2.10. The Morgan fingerprint density at radius 1 is 1.00 bits per heavy atom. The first-order chi connectivity index (χ1) is 12.9. The molecular formula is C20H15N5S. The van der Waals surface area contributed by atoms with Crippen LogP contribution in [0.1, 0.15) is 11.1 Å². The Labute approximate surface area is 154 Å². The van der Waals surface area contributed by atoms with Gasteiger partial charge in [-0.15, -0.1) is 16.4 Å². The predicted octanol–water partition coefficient (Wildman–Crippen LogP) is 5.23. The Bertz CT molecular complexity index is 1160. The van der Waals surface area contributed by atoms with E-state index >= 15 is 0 Å². The molecule has 1 N–H and O–H groups in total. The van der Waals surface area contributed by atoms with Crippen LogP contribution in [-0.2, 0) is 6.54 Å². The van der Waals surface area contributed by atoms with Crippen LogP contribution in [0.5, 0.6) is 0 Å². The standard InChI is InChI=1S/C20H15N5S/c1-2-4-13(5-3-1)11-21-20-16-8-9-26-19(16)15-7-6-14(10-17(15)23-20)18-12-22-25-24-18/h1-10H,11-12H2,(H,21,23). The van der Waals surface area contributed by atoms with E-state index in [4.69, 9.17) is 4.98 Å². The Morgan fingerprint density at radius 2 is 1.92 bits per heavy atom. The number of aromatic nitrogens is 1. The van der Waals surface area contributed by atoms with Crippen molar-refractivity contribution in [1.29, 1.82) is 0 Å². The van der Waals surface area contributed by atoms with Crippen molar-refractivity contribution in [2.75, 3.05) is 11.9 Å². The molecular weight excluding hydrogens is 342 g/mol. The average molecular weight is 357 g/mol. The Balaban J connectivity index is 1.58. The van der Waals surface area contributed by atoms with Crippen molar-refractivity contribution in [2.24, 2.45) is 15.4 Å². The van der Waals surface area contributed by atoms with E-state index in [1.165, 1.54) is 10.3 Å². The fraction of sp³-hybridized carbons (Fsp3) is 0.100. The lowest BCUT2D eigenvalue weighted by molar-refractivity contribution is 1.06. The van der Waals surface area contributed by atoms with Crippen molar-refractivity contribution < 1.29 is 0 Å². The molecule has 0 spiro atoms. The number of rotatable bonds is 4. The molecule has 0 aliphatic carbocycles. The summed E-state index contributed by atoms with van der Waals surface area (Å²) < 4.78 is 1.25. The van der Waals surface area contributed by atoms with Crippen LogP contribution in [0.2, 0.25) is 0 Å². The third kappa shape index (κ3) is 2.64. The number of anilines is 1. The highest BCUT2D eigenvalue weighted by Gasteiger charge is 2.13. The van der Waals surface area contributed by atoms with E-state index in [0.717, 1.165) is 39.9 Å². The molecule has 0 atom stereocenters. The summed E-state index contributed by atoms with van der Waals surface area (Å²) in [4.78, 5) is 4.90. The molecule has 0 radical (unpaired) electrons. The normalized spacial score (nSPS) is 13.5. The minimum atomic E-state index is 0.534. The minimum absolute atomic E-state index is 0.534. The number of nitrogens with zero attached hydrogens (tertiary/aromatic N) is 4. The molecule has 2 aromatic heterocycles. The van der Waals surface area contributed by atoms with E-state index < -0.39 is 0 Å². The number of hydrogen-bond acceptors (Lipinski definition) is 6. The van der Waals surface area contributed by atoms with Crippen molar-refractivity contribution in [1.82, 2.24) is 4.98 Å².